The molecule has 0 aliphatic heterocycles. The van der Waals surface area contributed by atoms with Crippen LogP contribution in [0.5, 0.6) is 0 Å². The van der Waals surface area contributed by atoms with E-state index in [-0.39, 0.29) is 25.2 Å². The van der Waals surface area contributed by atoms with E-state index < -0.39 is 6.10 Å². The average molecular weight is 1110 g/mol. The smallest absolute Gasteiger partial charge is 0.306 e. The van der Waals surface area contributed by atoms with Crippen LogP contribution in [0.15, 0.2) is 122 Å². The zero-order valence-electron chi connectivity index (χ0n) is 52.6. The SMILES string of the molecule is CC/C=C\C/C=C\C/C=C\C/C=C\C/C=C\C/C=C\C/C=C\C/C=C\C/C=C\CCCCCCCCCCCC(=O)OC(CO)COC(=O)CCCCCCCCCCCCCCCCCCC/C=C\CCCCCCCCCC. The van der Waals surface area contributed by atoms with Gasteiger partial charge in [0.25, 0.3) is 0 Å². The molecule has 0 radical (unpaired) electrons. The fourth-order valence-electron chi connectivity index (χ4n) is 9.66. The lowest BCUT2D eigenvalue weighted by Crippen LogP contribution is -2.28. The van der Waals surface area contributed by atoms with E-state index in [1.165, 1.54) is 193 Å². The highest BCUT2D eigenvalue weighted by Crippen LogP contribution is 2.17. The number of aliphatic hydroxyl groups is 1. The van der Waals surface area contributed by atoms with E-state index in [0.717, 1.165) is 103 Å². The third-order valence-electron chi connectivity index (χ3n) is 14.7. The molecule has 0 aromatic carbocycles. The molecule has 0 saturated carbocycles. The van der Waals surface area contributed by atoms with Gasteiger partial charge in [0.2, 0.25) is 0 Å². The standard InChI is InChI=1S/C75H128O5/c1-3-5-7-9-11-13-15-17-19-21-23-25-27-29-31-33-34-35-36-37-38-39-40-42-44-46-48-50-52-54-56-58-60-62-64-66-68-70-75(78)80-73(71-76)72-79-74(77)69-67-65-63-61-59-57-55-53-51-49-47-45-43-41-32-30-28-26-24-22-20-18-16-14-12-10-8-6-4-2/h5,7,11,13,17,19,22-25,29,31,34-35,37-38,40,42,46,48,73,76H,3-4,6,8-10,12,14-16,18,20-21,26-28,30,32-33,36,39,41,43-45,47,49-72H2,1-2H3/b7-5-,13-11-,19-17-,24-22-,25-23-,31-29-,35-34-,38-37-,42-40-,48-46-. The Bertz CT molecular complexity index is 1590. The van der Waals surface area contributed by atoms with Crippen molar-refractivity contribution in [2.24, 2.45) is 0 Å². The largest absolute Gasteiger partial charge is 0.462 e. The third kappa shape index (κ3) is 66.8. The number of unbranched alkanes of at least 4 members (excludes halogenated alkanes) is 34. The van der Waals surface area contributed by atoms with Crippen LogP contribution in [0.2, 0.25) is 0 Å². The molecule has 458 valence electrons. The van der Waals surface area contributed by atoms with Crippen molar-refractivity contribution < 1.29 is 24.2 Å². The molecule has 5 heteroatoms. The minimum atomic E-state index is -0.783. The van der Waals surface area contributed by atoms with Crippen LogP contribution in [0, 0.1) is 0 Å². The molecule has 0 spiro atoms. The Morgan fingerprint density at radius 2 is 0.537 bits per heavy atom. The van der Waals surface area contributed by atoms with Crippen LogP contribution in [0.1, 0.15) is 322 Å². The van der Waals surface area contributed by atoms with Gasteiger partial charge in [-0.25, -0.2) is 0 Å². The maximum absolute atomic E-state index is 12.4. The van der Waals surface area contributed by atoms with E-state index in [0.29, 0.717) is 12.8 Å². The summed E-state index contributed by atoms with van der Waals surface area (Å²) in [6.45, 7) is 4.05. The Morgan fingerprint density at radius 3 is 0.825 bits per heavy atom. The topological polar surface area (TPSA) is 72.8 Å². The van der Waals surface area contributed by atoms with Crippen LogP contribution in [0.4, 0.5) is 0 Å². The minimum absolute atomic E-state index is 0.0712. The second-order valence-corrected chi connectivity index (χ2v) is 22.5. The van der Waals surface area contributed by atoms with Crippen LogP contribution < -0.4 is 0 Å². The first-order chi connectivity index (χ1) is 39.6. The van der Waals surface area contributed by atoms with Crippen molar-refractivity contribution in [3.8, 4) is 0 Å². The van der Waals surface area contributed by atoms with E-state index in [4.69, 9.17) is 9.47 Å². The van der Waals surface area contributed by atoms with E-state index in [9.17, 15) is 14.7 Å². The highest BCUT2D eigenvalue weighted by atomic mass is 16.6. The first kappa shape index (κ1) is 76.3. The molecule has 80 heavy (non-hydrogen) atoms. The van der Waals surface area contributed by atoms with E-state index >= 15 is 0 Å². The summed E-state index contributed by atoms with van der Waals surface area (Å²) in [5, 5.41) is 9.70. The Morgan fingerprint density at radius 1 is 0.300 bits per heavy atom. The summed E-state index contributed by atoms with van der Waals surface area (Å²) in [5.41, 5.74) is 0. The van der Waals surface area contributed by atoms with Crippen LogP contribution in [-0.4, -0.2) is 36.4 Å². The van der Waals surface area contributed by atoms with Crippen molar-refractivity contribution in [2.45, 2.75) is 328 Å². The second-order valence-electron chi connectivity index (χ2n) is 22.5. The molecule has 0 heterocycles. The van der Waals surface area contributed by atoms with Crippen LogP contribution in [0.3, 0.4) is 0 Å². The van der Waals surface area contributed by atoms with E-state index in [2.05, 4.69) is 135 Å². The summed E-state index contributed by atoms with van der Waals surface area (Å²) in [4.78, 5) is 24.6. The van der Waals surface area contributed by atoms with Gasteiger partial charge in [0.1, 0.15) is 6.61 Å². The van der Waals surface area contributed by atoms with E-state index in [1.54, 1.807) is 0 Å². The van der Waals surface area contributed by atoms with Crippen molar-refractivity contribution >= 4 is 11.9 Å². The molecule has 0 aliphatic rings. The number of rotatable bonds is 62. The first-order valence-electron chi connectivity index (χ1n) is 34.1. The summed E-state index contributed by atoms with van der Waals surface area (Å²) in [6.07, 6.45) is 102. The lowest BCUT2D eigenvalue weighted by molar-refractivity contribution is -0.161. The van der Waals surface area contributed by atoms with Crippen molar-refractivity contribution in [1.82, 2.24) is 0 Å². The fourth-order valence-corrected chi connectivity index (χ4v) is 9.66. The monoisotopic (exact) mass is 1110 g/mol. The second kappa shape index (κ2) is 69.6. The predicted octanol–water partition coefficient (Wildman–Crippen LogP) is 23.8. The van der Waals surface area contributed by atoms with Crippen molar-refractivity contribution in [1.29, 1.82) is 0 Å². The van der Waals surface area contributed by atoms with Gasteiger partial charge in [-0.05, 0) is 109 Å². The Balaban J connectivity index is 3.52. The Labute approximate surface area is 496 Å². The van der Waals surface area contributed by atoms with Crippen LogP contribution >= 0.6 is 0 Å². The highest BCUT2D eigenvalue weighted by Gasteiger charge is 2.16. The molecule has 0 fully saturated rings. The van der Waals surface area contributed by atoms with Crippen molar-refractivity contribution in [3.05, 3.63) is 122 Å². The maximum atomic E-state index is 12.4. The summed E-state index contributed by atoms with van der Waals surface area (Å²) in [7, 11) is 0. The molecule has 0 amide bonds. The van der Waals surface area contributed by atoms with Gasteiger partial charge in [-0.1, -0.05) is 322 Å². The number of allylic oxidation sites excluding steroid dienone is 20. The van der Waals surface area contributed by atoms with Crippen molar-refractivity contribution in [2.75, 3.05) is 13.2 Å². The van der Waals surface area contributed by atoms with E-state index in [1.807, 2.05) is 0 Å². The normalized spacial score (nSPS) is 13.0. The van der Waals surface area contributed by atoms with Gasteiger partial charge in [-0.2, -0.15) is 0 Å². The molecule has 1 atom stereocenters. The summed E-state index contributed by atoms with van der Waals surface area (Å²) in [6, 6.07) is 0. The molecule has 1 unspecified atom stereocenters. The van der Waals surface area contributed by atoms with Gasteiger partial charge >= 0.3 is 11.9 Å². The van der Waals surface area contributed by atoms with Gasteiger partial charge in [0.05, 0.1) is 6.61 Å². The minimum Gasteiger partial charge on any atom is -0.462 e. The number of carbonyl (C=O) groups excluding carboxylic acids is 2. The molecule has 0 aromatic rings. The number of ether oxygens (including phenoxy) is 2. The first-order valence-corrected chi connectivity index (χ1v) is 34.1. The zero-order valence-corrected chi connectivity index (χ0v) is 52.6. The quantitative estimate of drug-likeness (QED) is 0.0373. The van der Waals surface area contributed by atoms with Gasteiger partial charge < -0.3 is 14.6 Å². The lowest BCUT2D eigenvalue weighted by atomic mass is 10.0. The third-order valence-corrected chi connectivity index (χ3v) is 14.7. The van der Waals surface area contributed by atoms with Gasteiger partial charge in [-0.3, -0.25) is 9.59 Å². The molecular weight excluding hydrogens is 981 g/mol. The number of esters is 2. The highest BCUT2D eigenvalue weighted by molar-refractivity contribution is 5.70. The zero-order chi connectivity index (χ0) is 57.6. The number of aliphatic hydroxyl groups excluding tert-OH is 1. The summed E-state index contributed by atoms with van der Waals surface area (Å²) in [5.74, 6) is -0.592. The number of hydrogen-bond acceptors (Lipinski definition) is 5. The number of hydrogen-bond donors (Lipinski definition) is 1. The molecule has 0 aliphatic carbocycles. The van der Waals surface area contributed by atoms with Gasteiger partial charge in [0.15, 0.2) is 6.10 Å². The summed E-state index contributed by atoms with van der Waals surface area (Å²) >= 11 is 0. The Hall–Kier alpha value is -3.70. The molecule has 0 rings (SSSR count). The Kier molecular flexibility index (Phi) is 66.4. The predicted molar refractivity (Wildman–Crippen MR) is 352 cm³/mol. The van der Waals surface area contributed by atoms with Gasteiger partial charge in [0, 0.05) is 12.8 Å². The van der Waals surface area contributed by atoms with Gasteiger partial charge in [-0.15, -0.1) is 0 Å². The average Bonchev–Trinajstić information content (AvgIpc) is 3.46. The molecule has 5 nitrogen and oxygen atoms in total. The molecular formula is C75H128O5. The molecule has 1 N–H and O–H groups in total. The van der Waals surface area contributed by atoms with Crippen molar-refractivity contribution in [3.63, 3.8) is 0 Å². The summed E-state index contributed by atoms with van der Waals surface area (Å²) < 4.78 is 10.7. The maximum Gasteiger partial charge on any atom is 0.306 e. The lowest BCUT2D eigenvalue weighted by Gasteiger charge is -2.15. The van der Waals surface area contributed by atoms with Crippen LogP contribution in [-0.2, 0) is 19.1 Å². The van der Waals surface area contributed by atoms with Crippen LogP contribution in [0.25, 0.3) is 0 Å². The molecule has 0 aromatic heterocycles. The number of carbonyl (C=O) groups is 2. The fraction of sp³-hybridized carbons (Fsp3) is 0.707. The molecule has 0 bridgehead atoms. The molecule has 0 saturated heterocycles.